The summed E-state index contributed by atoms with van der Waals surface area (Å²) in [6, 6.07) is 3.40. The van der Waals surface area contributed by atoms with Crippen LogP contribution in [0.3, 0.4) is 0 Å². The first-order chi connectivity index (χ1) is 7.56. The number of hydrogen-bond donors (Lipinski definition) is 0. The SMILES string of the molecule is COC(=O)c1cc(C=O)cc(OC(F)F)c1. The van der Waals surface area contributed by atoms with Gasteiger partial charge in [0.05, 0.1) is 12.7 Å². The summed E-state index contributed by atoms with van der Waals surface area (Å²) in [5.74, 6) is -0.997. The standard InChI is InChI=1S/C10H8F2O4/c1-15-9(14)7-2-6(5-13)3-8(4-7)16-10(11)12/h2-5,10H,1H3. The summed E-state index contributed by atoms with van der Waals surface area (Å²) in [5, 5.41) is 0. The molecule has 0 N–H and O–H groups in total. The summed E-state index contributed by atoms with van der Waals surface area (Å²) < 4.78 is 32.4. The van der Waals surface area contributed by atoms with Crippen LogP contribution in [-0.2, 0) is 4.74 Å². The van der Waals surface area contributed by atoms with Gasteiger partial charge in [-0.1, -0.05) is 0 Å². The summed E-state index contributed by atoms with van der Waals surface area (Å²) in [4.78, 5) is 21.7. The minimum absolute atomic E-state index is 0.0252. The fraction of sp³-hybridized carbons (Fsp3) is 0.200. The van der Waals surface area contributed by atoms with Crippen LogP contribution in [0.4, 0.5) is 8.78 Å². The Balaban J connectivity index is 3.10. The lowest BCUT2D eigenvalue weighted by atomic mass is 10.1. The van der Waals surface area contributed by atoms with Crippen molar-refractivity contribution < 1.29 is 27.8 Å². The van der Waals surface area contributed by atoms with E-state index in [0.29, 0.717) is 6.29 Å². The summed E-state index contributed by atoms with van der Waals surface area (Å²) in [6.45, 7) is -3.02. The van der Waals surface area contributed by atoms with E-state index in [1.165, 1.54) is 6.07 Å². The molecule has 0 radical (unpaired) electrons. The first kappa shape index (κ1) is 12.1. The first-order valence-electron chi connectivity index (χ1n) is 4.20. The number of halogens is 2. The van der Waals surface area contributed by atoms with Crippen molar-refractivity contribution in [3.63, 3.8) is 0 Å². The van der Waals surface area contributed by atoms with Crippen LogP contribution in [0.1, 0.15) is 20.7 Å². The van der Waals surface area contributed by atoms with Crippen molar-refractivity contribution in [1.29, 1.82) is 0 Å². The first-order valence-corrected chi connectivity index (χ1v) is 4.20. The van der Waals surface area contributed by atoms with Crippen molar-refractivity contribution in [1.82, 2.24) is 0 Å². The van der Waals surface area contributed by atoms with Crippen LogP contribution in [0.15, 0.2) is 18.2 Å². The molecule has 0 unspecified atom stereocenters. The highest BCUT2D eigenvalue weighted by molar-refractivity contribution is 5.92. The number of aldehydes is 1. The fourth-order valence-corrected chi connectivity index (χ4v) is 1.10. The Labute approximate surface area is 89.8 Å². The molecule has 1 aromatic rings. The second kappa shape index (κ2) is 5.20. The molecule has 0 heterocycles. The number of alkyl halides is 2. The maximum Gasteiger partial charge on any atom is 0.387 e. The summed E-state index contributed by atoms with van der Waals surface area (Å²) in [5.41, 5.74) is 0.0290. The van der Waals surface area contributed by atoms with Crippen LogP contribution in [0, 0.1) is 0 Å². The number of esters is 1. The van der Waals surface area contributed by atoms with Gasteiger partial charge in [0.1, 0.15) is 12.0 Å². The molecule has 4 nitrogen and oxygen atoms in total. The Morgan fingerprint density at radius 1 is 1.38 bits per heavy atom. The van der Waals surface area contributed by atoms with Crippen LogP contribution in [-0.4, -0.2) is 26.0 Å². The van der Waals surface area contributed by atoms with Gasteiger partial charge in [-0.2, -0.15) is 8.78 Å². The van der Waals surface area contributed by atoms with Gasteiger partial charge >= 0.3 is 12.6 Å². The summed E-state index contributed by atoms with van der Waals surface area (Å²) in [7, 11) is 1.14. The highest BCUT2D eigenvalue weighted by atomic mass is 19.3. The second-order valence-corrected chi connectivity index (χ2v) is 2.78. The van der Waals surface area contributed by atoms with Crippen molar-refractivity contribution in [3.05, 3.63) is 29.3 Å². The lowest BCUT2D eigenvalue weighted by Crippen LogP contribution is -2.06. The Hall–Kier alpha value is -1.98. The van der Waals surface area contributed by atoms with Gasteiger partial charge in [0.25, 0.3) is 0 Å². The van der Waals surface area contributed by atoms with E-state index in [9.17, 15) is 18.4 Å². The van der Waals surface area contributed by atoms with E-state index in [-0.39, 0.29) is 16.9 Å². The molecular weight excluding hydrogens is 222 g/mol. The lowest BCUT2D eigenvalue weighted by molar-refractivity contribution is -0.0499. The van der Waals surface area contributed by atoms with Crippen molar-refractivity contribution in [2.75, 3.05) is 7.11 Å². The second-order valence-electron chi connectivity index (χ2n) is 2.78. The van der Waals surface area contributed by atoms with Crippen LogP contribution in [0.25, 0.3) is 0 Å². The average Bonchev–Trinajstić information content (AvgIpc) is 2.26. The highest BCUT2D eigenvalue weighted by Crippen LogP contribution is 2.19. The van der Waals surface area contributed by atoms with Gasteiger partial charge in [0.15, 0.2) is 0 Å². The van der Waals surface area contributed by atoms with E-state index in [1.807, 2.05) is 0 Å². The molecule has 1 rings (SSSR count). The predicted octanol–water partition coefficient (Wildman–Crippen LogP) is 1.89. The van der Waals surface area contributed by atoms with Crippen LogP contribution >= 0.6 is 0 Å². The van der Waals surface area contributed by atoms with Crippen LogP contribution in [0.5, 0.6) is 5.75 Å². The van der Waals surface area contributed by atoms with E-state index < -0.39 is 12.6 Å². The zero-order valence-corrected chi connectivity index (χ0v) is 8.28. The fourth-order valence-electron chi connectivity index (χ4n) is 1.10. The third kappa shape index (κ3) is 3.01. The Morgan fingerprint density at radius 2 is 2.06 bits per heavy atom. The van der Waals surface area contributed by atoms with Gasteiger partial charge < -0.3 is 9.47 Å². The number of rotatable bonds is 4. The summed E-state index contributed by atoms with van der Waals surface area (Å²) >= 11 is 0. The minimum atomic E-state index is -3.02. The molecule has 0 spiro atoms. The van der Waals surface area contributed by atoms with Gasteiger partial charge in [0.2, 0.25) is 0 Å². The van der Waals surface area contributed by atoms with Crippen LogP contribution < -0.4 is 4.74 Å². The zero-order valence-electron chi connectivity index (χ0n) is 8.28. The lowest BCUT2D eigenvalue weighted by Gasteiger charge is -2.07. The van der Waals surface area contributed by atoms with Gasteiger partial charge in [-0.05, 0) is 18.2 Å². The summed E-state index contributed by atoms with van der Waals surface area (Å²) in [6.07, 6.45) is 0.421. The maximum absolute atomic E-state index is 11.9. The normalized spacial score (nSPS) is 10.0. The number of carbonyl (C=O) groups excluding carboxylic acids is 2. The van der Waals surface area contributed by atoms with Gasteiger partial charge in [0, 0.05) is 5.56 Å². The van der Waals surface area contributed by atoms with E-state index in [0.717, 1.165) is 19.2 Å². The molecule has 0 saturated heterocycles. The molecule has 0 aliphatic carbocycles. The number of carbonyl (C=O) groups is 2. The minimum Gasteiger partial charge on any atom is -0.465 e. The van der Waals surface area contributed by atoms with E-state index in [4.69, 9.17) is 0 Å². The monoisotopic (exact) mass is 230 g/mol. The van der Waals surface area contributed by atoms with Crippen LogP contribution in [0.2, 0.25) is 0 Å². The average molecular weight is 230 g/mol. The molecule has 86 valence electrons. The van der Waals surface area contributed by atoms with Crippen molar-refractivity contribution in [3.8, 4) is 5.75 Å². The molecule has 0 aliphatic heterocycles. The number of ether oxygens (including phenoxy) is 2. The predicted molar refractivity (Wildman–Crippen MR) is 49.8 cm³/mol. The van der Waals surface area contributed by atoms with Crippen molar-refractivity contribution >= 4 is 12.3 Å². The third-order valence-corrected chi connectivity index (χ3v) is 1.71. The Bertz CT molecular complexity index is 404. The van der Waals surface area contributed by atoms with Crippen molar-refractivity contribution in [2.45, 2.75) is 6.61 Å². The molecule has 0 fully saturated rings. The Kier molecular flexibility index (Phi) is 3.93. The van der Waals surface area contributed by atoms with Gasteiger partial charge in [-0.15, -0.1) is 0 Å². The number of benzene rings is 1. The molecule has 0 saturated carbocycles. The zero-order chi connectivity index (χ0) is 12.1. The molecule has 6 heteroatoms. The number of hydrogen-bond acceptors (Lipinski definition) is 4. The molecule has 0 aliphatic rings. The van der Waals surface area contributed by atoms with Crippen molar-refractivity contribution in [2.24, 2.45) is 0 Å². The smallest absolute Gasteiger partial charge is 0.387 e. The Morgan fingerprint density at radius 3 is 2.56 bits per heavy atom. The van der Waals surface area contributed by atoms with Gasteiger partial charge in [-0.3, -0.25) is 4.79 Å². The maximum atomic E-state index is 11.9. The van der Waals surface area contributed by atoms with E-state index in [2.05, 4.69) is 9.47 Å². The molecule has 1 aromatic carbocycles. The molecule has 0 bridgehead atoms. The van der Waals surface area contributed by atoms with Gasteiger partial charge in [-0.25, -0.2) is 4.79 Å². The molecular formula is C10H8F2O4. The van der Waals surface area contributed by atoms with E-state index in [1.54, 1.807) is 0 Å². The molecule has 0 aromatic heterocycles. The topological polar surface area (TPSA) is 52.6 Å². The largest absolute Gasteiger partial charge is 0.465 e. The molecule has 0 atom stereocenters. The van der Waals surface area contributed by atoms with E-state index >= 15 is 0 Å². The third-order valence-electron chi connectivity index (χ3n) is 1.71. The highest BCUT2D eigenvalue weighted by Gasteiger charge is 2.11. The molecule has 16 heavy (non-hydrogen) atoms. The molecule has 0 amide bonds. The number of methoxy groups -OCH3 is 1. The quantitative estimate of drug-likeness (QED) is 0.585.